The summed E-state index contributed by atoms with van der Waals surface area (Å²) in [4.78, 5) is 33.1. The number of benzene rings is 2. The topological polar surface area (TPSA) is 148 Å². The zero-order chi connectivity index (χ0) is 31.7. The van der Waals surface area contributed by atoms with Gasteiger partial charge in [0.25, 0.3) is 5.91 Å². The molecule has 0 aliphatic carbocycles. The number of rotatable bonds is 4. The van der Waals surface area contributed by atoms with Crippen molar-refractivity contribution in [2.75, 3.05) is 26.2 Å². The molecule has 1 aromatic heterocycles. The number of nitrogens with zero attached hydrogens (tertiary/aromatic N) is 3. The van der Waals surface area contributed by atoms with Crippen molar-refractivity contribution in [2.24, 2.45) is 5.73 Å². The lowest BCUT2D eigenvalue weighted by molar-refractivity contribution is -0.193. The minimum Gasteiger partial charge on any atom is -0.475 e. The van der Waals surface area contributed by atoms with Gasteiger partial charge in [0.2, 0.25) is 0 Å². The molecular weight excluding hydrogens is 578 g/mol. The van der Waals surface area contributed by atoms with Gasteiger partial charge in [0.15, 0.2) is 0 Å². The number of carbonyl (C=O) groups excluding carboxylic acids is 1. The maximum atomic E-state index is 13.5. The van der Waals surface area contributed by atoms with Gasteiger partial charge in [0, 0.05) is 25.2 Å². The average molecular weight is 605 g/mol. The van der Waals surface area contributed by atoms with Gasteiger partial charge < -0.3 is 25.6 Å². The molecule has 0 bridgehead atoms. The molecule has 1 aliphatic rings. The van der Waals surface area contributed by atoms with Crippen LogP contribution in [0.2, 0.25) is 0 Å². The molecule has 42 heavy (non-hydrogen) atoms. The van der Waals surface area contributed by atoms with E-state index in [1.807, 2.05) is 77.2 Å². The zero-order valence-corrected chi connectivity index (χ0v) is 21.9. The summed E-state index contributed by atoms with van der Waals surface area (Å²) in [5.74, 6) is -5.54. The van der Waals surface area contributed by atoms with Crippen molar-refractivity contribution >= 4 is 17.8 Å². The van der Waals surface area contributed by atoms with E-state index in [9.17, 15) is 31.1 Å². The SMILES string of the molecule is Cc1c(C(=O)N2CCOC(CN)C2)c(-c2ccccc2)nn1-c1ccccc1.O=C(O)C(F)(F)F.O=C(O)C(F)(F)F. The van der Waals surface area contributed by atoms with Gasteiger partial charge in [-0.25, -0.2) is 14.3 Å². The van der Waals surface area contributed by atoms with Crippen LogP contribution in [-0.2, 0) is 14.3 Å². The van der Waals surface area contributed by atoms with Crippen LogP contribution in [0.4, 0.5) is 26.3 Å². The number of ether oxygens (including phenoxy) is 1. The van der Waals surface area contributed by atoms with Gasteiger partial charge in [0.05, 0.1) is 29.7 Å². The predicted molar refractivity (Wildman–Crippen MR) is 136 cm³/mol. The summed E-state index contributed by atoms with van der Waals surface area (Å²) in [7, 11) is 0. The Hall–Kier alpha value is -4.44. The number of aliphatic carboxylic acids is 2. The first kappa shape index (κ1) is 33.8. The van der Waals surface area contributed by atoms with Crippen LogP contribution >= 0.6 is 0 Å². The van der Waals surface area contributed by atoms with Gasteiger partial charge in [-0.05, 0) is 19.1 Å². The van der Waals surface area contributed by atoms with E-state index >= 15 is 0 Å². The van der Waals surface area contributed by atoms with Crippen LogP contribution < -0.4 is 5.73 Å². The third-order valence-electron chi connectivity index (χ3n) is 5.55. The molecule has 1 unspecified atom stereocenters. The number of morpholine rings is 1. The fourth-order valence-corrected chi connectivity index (χ4v) is 3.58. The van der Waals surface area contributed by atoms with E-state index in [0.717, 1.165) is 16.9 Å². The number of halogens is 6. The van der Waals surface area contributed by atoms with Gasteiger partial charge in [0.1, 0.15) is 5.69 Å². The quantitative estimate of drug-likeness (QED) is 0.380. The Morgan fingerprint density at radius 2 is 1.40 bits per heavy atom. The van der Waals surface area contributed by atoms with E-state index in [1.165, 1.54) is 0 Å². The number of carbonyl (C=O) groups is 3. The molecule has 4 rings (SSSR count). The van der Waals surface area contributed by atoms with Crippen LogP contribution in [0.25, 0.3) is 16.9 Å². The fraction of sp³-hybridized carbons (Fsp3) is 0.308. The molecule has 1 atom stereocenters. The van der Waals surface area contributed by atoms with E-state index in [1.54, 1.807) is 0 Å². The molecule has 0 spiro atoms. The Balaban J connectivity index is 0.000000367. The zero-order valence-electron chi connectivity index (χ0n) is 21.9. The fourth-order valence-electron chi connectivity index (χ4n) is 3.58. The van der Waals surface area contributed by atoms with Crippen LogP contribution in [0.15, 0.2) is 60.7 Å². The summed E-state index contributed by atoms with van der Waals surface area (Å²) in [5, 5.41) is 19.1. The van der Waals surface area contributed by atoms with Crippen molar-refractivity contribution in [2.45, 2.75) is 25.4 Å². The minimum atomic E-state index is -5.08. The molecule has 10 nitrogen and oxygen atoms in total. The predicted octanol–water partition coefficient (Wildman–Crippen LogP) is 3.91. The highest BCUT2D eigenvalue weighted by Gasteiger charge is 2.39. The Labute approximate surface area is 234 Å². The van der Waals surface area contributed by atoms with Crippen molar-refractivity contribution < 1.29 is 55.7 Å². The Morgan fingerprint density at radius 1 is 0.929 bits per heavy atom. The number of carboxylic acid groups (broad SMARTS) is 2. The van der Waals surface area contributed by atoms with Crippen molar-refractivity contribution in [1.29, 1.82) is 0 Å². The lowest BCUT2D eigenvalue weighted by Gasteiger charge is -2.32. The molecule has 2 heterocycles. The van der Waals surface area contributed by atoms with Crippen LogP contribution in [0.1, 0.15) is 16.1 Å². The second kappa shape index (κ2) is 14.5. The number of aromatic nitrogens is 2. The highest BCUT2D eigenvalue weighted by atomic mass is 19.4. The number of hydrogen-bond acceptors (Lipinski definition) is 6. The first-order valence-electron chi connectivity index (χ1n) is 12.0. The summed E-state index contributed by atoms with van der Waals surface area (Å²) in [6.07, 6.45) is -10.3. The summed E-state index contributed by atoms with van der Waals surface area (Å²) in [5.41, 5.74) is 9.76. The van der Waals surface area contributed by atoms with Crippen molar-refractivity contribution in [3.63, 3.8) is 0 Å². The molecule has 1 amide bonds. The third kappa shape index (κ3) is 9.31. The van der Waals surface area contributed by atoms with E-state index in [0.29, 0.717) is 37.5 Å². The molecule has 0 radical (unpaired) electrons. The van der Waals surface area contributed by atoms with E-state index in [2.05, 4.69) is 0 Å². The van der Waals surface area contributed by atoms with Crippen LogP contribution in [-0.4, -0.2) is 87.4 Å². The number of hydrogen-bond donors (Lipinski definition) is 3. The summed E-state index contributed by atoms with van der Waals surface area (Å²) in [6.45, 7) is 3.90. The standard InChI is InChI=1S/C22H24N4O2.2C2HF3O2/c1-16-20(22(27)25-12-13-28-19(14-23)15-25)21(17-8-4-2-5-9-17)24-26(16)18-10-6-3-7-11-18;2*3-2(4,5)1(6)7/h2-11,19H,12-15,23H2,1H3;2*(H,6,7). The summed E-state index contributed by atoms with van der Waals surface area (Å²) >= 11 is 0. The Morgan fingerprint density at radius 3 is 1.86 bits per heavy atom. The monoisotopic (exact) mass is 604 g/mol. The number of para-hydroxylation sites is 1. The second-order valence-electron chi connectivity index (χ2n) is 8.51. The van der Waals surface area contributed by atoms with Gasteiger partial charge in [-0.3, -0.25) is 4.79 Å². The van der Waals surface area contributed by atoms with Gasteiger partial charge >= 0.3 is 24.3 Å². The molecule has 16 heteroatoms. The summed E-state index contributed by atoms with van der Waals surface area (Å²) in [6, 6.07) is 19.7. The average Bonchev–Trinajstić information content (AvgIpc) is 3.30. The van der Waals surface area contributed by atoms with E-state index < -0.39 is 24.3 Å². The molecule has 228 valence electrons. The number of nitrogens with two attached hydrogens (primary N) is 1. The smallest absolute Gasteiger partial charge is 0.475 e. The lowest BCUT2D eigenvalue weighted by atomic mass is 10.0. The maximum absolute atomic E-state index is 13.5. The van der Waals surface area contributed by atoms with E-state index in [-0.39, 0.29) is 12.0 Å². The summed E-state index contributed by atoms with van der Waals surface area (Å²) < 4.78 is 70.9. The Bertz CT molecular complexity index is 1320. The van der Waals surface area contributed by atoms with Crippen molar-refractivity contribution in [1.82, 2.24) is 14.7 Å². The van der Waals surface area contributed by atoms with Crippen molar-refractivity contribution in [3.8, 4) is 16.9 Å². The third-order valence-corrected chi connectivity index (χ3v) is 5.55. The van der Waals surface area contributed by atoms with Gasteiger partial charge in [-0.1, -0.05) is 48.5 Å². The molecule has 1 aliphatic heterocycles. The normalized spacial score (nSPS) is 15.0. The van der Waals surface area contributed by atoms with Gasteiger partial charge in [-0.15, -0.1) is 0 Å². The molecule has 1 fully saturated rings. The van der Waals surface area contributed by atoms with E-state index in [4.69, 9.17) is 35.4 Å². The minimum absolute atomic E-state index is 0.0275. The molecular formula is C26H26F6N4O6. The number of amides is 1. The van der Waals surface area contributed by atoms with Crippen LogP contribution in [0, 0.1) is 6.92 Å². The molecule has 2 aromatic carbocycles. The van der Waals surface area contributed by atoms with Crippen LogP contribution in [0.5, 0.6) is 0 Å². The molecule has 3 aromatic rings. The molecule has 1 saturated heterocycles. The second-order valence-corrected chi connectivity index (χ2v) is 8.51. The highest BCUT2D eigenvalue weighted by Crippen LogP contribution is 2.29. The van der Waals surface area contributed by atoms with Gasteiger partial charge in [-0.2, -0.15) is 31.4 Å². The molecule has 0 saturated carbocycles. The van der Waals surface area contributed by atoms with Crippen LogP contribution in [0.3, 0.4) is 0 Å². The largest absolute Gasteiger partial charge is 0.490 e. The Kier molecular flexibility index (Phi) is 11.6. The highest BCUT2D eigenvalue weighted by molar-refractivity contribution is 6.01. The van der Waals surface area contributed by atoms with Crippen molar-refractivity contribution in [3.05, 3.63) is 71.9 Å². The first-order valence-corrected chi connectivity index (χ1v) is 12.0. The maximum Gasteiger partial charge on any atom is 0.490 e. The number of carboxylic acids is 2. The first-order chi connectivity index (χ1) is 19.6. The molecule has 4 N–H and O–H groups in total. The lowest BCUT2D eigenvalue weighted by Crippen LogP contribution is -2.48. The number of alkyl halides is 6.